The van der Waals surface area contributed by atoms with Crippen molar-refractivity contribution in [2.75, 3.05) is 26.7 Å². The predicted molar refractivity (Wildman–Crippen MR) is 48.2 cm³/mol. The number of carbonyl (C=O) groups is 2. The van der Waals surface area contributed by atoms with Crippen LogP contribution < -0.4 is 5.73 Å². The number of amides is 2. The van der Waals surface area contributed by atoms with Gasteiger partial charge in [-0.2, -0.15) is 13.2 Å². The largest absolute Gasteiger partial charge is 0.410 e. The highest BCUT2D eigenvalue weighted by molar-refractivity contribution is 6.35. The summed E-state index contributed by atoms with van der Waals surface area (Å²) < 4.78 is 37.5. The summed E-state index contributed by atoms with van der Waals surface area (Å²) in [6.07, 6.45) is -4.61. The van der Waals surface area contributed by atoms with Crippen molar-refractivity contribution in [1.82, 2.24) is 9.80 Å². The van der Waals surface area contributed by atoms with Gasteiger partial charge >= 0.3 is 18.0 Å². The summed E-state index contributed by atoms with van der Waals surface area (Å²) in [5.41, 5.74) is 4.99. The van der Waals surface area contributed by atoms with Gasteiger partial charge in [-0.05, 0) is 0 Å². The number of hydrogen-bond acceptors (Lipinski definition) is 3. The first-order valence-corrected chi connectivity index (χ1v) is 4.62. The van der Waals surface area contributed by atoms with Gasteiger partial charge in [-0.3, -0.25) is 9.59 Å². The molecular formula is C8H12F3N3O2. The number of hydrogen-bond donors (Lipinski definition) is 1. The Morgan fingerprint density at radius 3 is 2.31 bits per heavy atom. The average molecular weight is 239 g/mol. The zero-order valence-electron chi connectivity index (χ0n) is 8.62. The molecule has 8 heteroatoms. The Labute approximate surface area is 90.0 Å². The topological polar surface area (TPSA) is 66.6 Å². The van der Waals surface area contributed by atoms with Crippen LogP contribution in [0.1, 0.15) is 0 Å². The molecule has 16 heavy (non-hydrogen) atoms. The lowest BCUT2D eigenvalue weighted by atomic mass is 10.2. The molecule has 1 aliphatic heterocycles. The maximum Gasteiger partial charge on any atom is 0.410 e. The molecule has 1 heterocycles. The van der Waals surface area contributed by atoms with E-state index in [9.17, 15) is 22.8 Å². The Morgan fingerprint density at radius 1 is 1.31 bits per heavy atom. The molecule has 2 amide bonds. The third kappa shape index (κ3) is 2.26. The molecule has 0 aliphatic carbocycles. The van der Waals surface area contributed by atoms with Crippen LogP contribution in [0.25, 0.3) is 0 Å². The van der Waals surface area contributed by atoms with Crippen molar-refractivity contribution >= 4 is 11.8 Å². The van der Waals surface area contributed by atoms with Crippen molar-refractivity contribution in [1.29, 1.82) is 0 Å². The van der Waals surface area contributed by atoms with E-state index in [-0.39, 0.29) is 13.1 Å². The van der Waals surface area contributed by atoms with E-state index in [0.29, 0.717) is 4.90 Å². The van der Waals surface area contributed by atoms with Crippen LogP contribution in [0.2, 0.25) is 0 Å². The lowest BCUT2D eigenvalue weighted by molar-refractivity contribution is -0.192. The molecule has 92 valence electrons. The van der Waals surface area contributed by atoms with E-state index in [1.165, 1.54) is 7.05 Å². The molecule has 2 N–H and O–H groups in total. The fraction of sp³-hybridized carbons (Fsp3) is 0.750. The van der Waals surface area contributed by atoms with Gasteiger partial charge < -0.3 is 15.5 Å². The van der Waals surface area contributed by atoms with Crippen LogP contribution in [0.4, 0.5) is 13.2 Å². The van der Waals surface area contributed by atoms with Gasteiger partial charge in [0, 0.05) is 26.7 Å². The Hall–Kier alpha value is -1.31. The lowest BCUT2D eigenvalue weighted by Crippen LogP contribution is -2.61. The molecule has 5 nitrogen and oxygen atoms in total. The predicted octanol–water partition coefficient (Wildman–Crippen LogP) is -0.823. The van der Waals surface area contributed by atoms with Crippen LogP contribution in [-0.2, 0) is 9.59 Å². The number of piperazine rings is 1. The van der Waals surface area contributed by atoms with Crippen LogP contribution >= 0.6 is 0 Å². The highest BCUT2D eigenvalue weighted by Gasteiger charge is 2.47. The molecule has 0 spiro atoms. The fourth-order valence-electron chi connectivity index (χ4n) is 1.48. The van der Waals surface area contributed by atoms with Crippen molar-refractivity contribution in [2.24, 2.45) is 5.73 Å². The van der Waals surface area contributed by atoms with E-state index in [2.05, 4.69) is 0 Å². The molecule has 0 radical (unpaired) electrons. The number of likely N-dealkylation sites (N-methyl/N-ethyl adjacent to an activating group) is 1. The van der Waals surface area contributed by atoms with E-state index in [1.54, 1.807) is 0 Å². The smallest absolute Gasteiger partial charge is 0.336 e. The maximum absolute atomic E-state index is 12.5. The molecule has 0 aromatic rings. The van der Waals surface area contributed by atoms with Crippen LogP contribution in [-0.4, -0.2) is 60.5 Å². The van der Waals surface area contributed by atoms with Gasteiger partial charge in [0.2, 0.25) is 0 Å². The zero-order valence-corrected chi connectivity index (χ0v) is 8.62. The Morgan fingerprint density at radius 2 is 1.88 bits per heavy atom. The molecule has 1 unspecified atom stereocenters. The Kier molecular flexibility index (Phi) is 3.41. The molecule has 0 aromatic carbocycles. The van der Waals surface area contributed by atoms with E-state index in [4.69, 9.17) is 5.73 Å². The zero-order chi connectivity index (χ0) is 12.5. The Bertz CT molecular complexity index is 305. The quantitative estimate of drug-likeness (QED) is 0.640. The van der Waals surface area contributed by atoms with Crippen LogP contribution in [0.3, 0.4) is 0 Å². The molecule has 0 saturated carbocycles. The van der Waals surface area contributed by atoms with Crippen molar-refractivity contribution in [2.45, 2.75) is 12.2 Å². The van der Waals surface area contributed by atoms with Crippen LogP contribution in [0.5, 0.6) is 0 Å². The summed E-state index contributed by atoms with van der Waals surface area (Å²) in [6.45, 7) is -0.814. The van der Waals surface area contributed by atoms with Gasteiger partial charge in [-0.25, -0.2) is 0 Å². The van der Waals surface area contributed by atoms with Gasteiger partial charge in [-0.15, -0.1) is 0 Å². The molecule has 0 aromatic heterocycles. The first kappa shape index (κ1) is 12.8. The minimum absolute atomic E-state index is 0.0805. The van der Waals surface area contributed by atoms with E-state index < -0.39 is 30.6 Å². The molecule has 0 bridgehead atoms. The highest BCUT2D eigenvalue weighted by atomic mass is 19.4. The maximum atomic E-state index is 12.5. The standard InChI is InChI=1S/C8H12F3N3O2/c1-13-2-3-14(7(16)6(13)15)5(4-12)8(9,10)11/h5H,2-4,12H2,1H3. The minimum atomic E-state index is -4.61. The molecule has 1 atom stereocenters. The van der Waals surface area contributed by atoms with Gasteiger partial charge in [0.25, 0.3) is 0 Å². The summed E-state index contributed by atoms with van der Waals surface area (Å²) in [4.78, 5) is 24.1. The van der Waals surface area contributed by atoms with Gasteiger partial charge in [0.15, 0.2) is 0 Å². The normalized spacial score (nSPS) is 20.3. The van der Waals surface area contributed by atoms with Crippen molar-refractivity contribution < 1.29 is 22.8 Å². The molecule has 1 aliphatic rings. The first-order valence-electron chi connectivity index (χ1n) is 4.62. The minimum Gasteiger partial charge on any atom is -0.336 e. The van der Waals surface area contributed by atoms with E-state index in [0.717, 1.165) is 4.90 Å². The summed E-state index contributed by atoms with van der Waals surface area (Å²) in [5.74, 6) is -2.09. The lowest BCUT2D eigenvalue weighted by Gasteiger charge is -2.37. The average Bonchev–Trinajstić information content (AvgIpc) is 2.17. The monoisotopic (exact) mass is 239 g/mol. The Balaban J connectivity index is 2.88. The number of alkyl halides is 3. The second-order valence-electron chi connectivity index (χ2n) is 3.52. The van der Waals surface area contributed by atoms with Gasteiger partial charge in [0.1, 0.15) is 6.04 Å². The molecular weight excluding hydrogens is 227 g/mol. The number of halogens is 3. The van der Waals surface area contributed by atoms with Gasteiger partial charge in [0.05, 0.1) is 0 Å². The SMILES string of the molecule is CN1CCN(C(CN)C(F)(F)F)C(=O)C1=O. The van der Waals surface area contributed by atoms with Crippen molar-refractivity contribution in [3.05, 3.63) is 0 Å². The second-order valence-corrected chi connectivity index (χ2v) is 3.52. The van der Waals surface area contributed by atoms with Crippen LogP contribution in [0.15, 0.2) is 0 Å². The number of carbonyl (C=O) groups excluding carboxylic acids is 2. The van der Waals surface area contributed by atoms with Crippen molar-refractivity contribution in [3.63, 3.8) is 0 Å². The first-order chi connectivity index (χ1) is 7.29. The summed E-state index contributed by atoms with van der Waals surface area (Å²) in [7, 11) is 1.36. The molecule has 1 rings (SSSR count). The van der Waals surface area contributed by atoms with E-state index in [1.807, 2.05) is 0 Å². The fourth-order valence-corrected chi connectivity index (χ4v) is 1.48. The van der Waals surface area contributed by atoms with Crippen LogP contribution in [0, 0.1) is 0 Å². The van der Waals surface area contributed by atoms with E-state index >= 15 is 0 Å². The summed E-state index contributed by atoms with van der Waals surface area (Å²) in [6, 6.07) is -2.09. The highest BCUT2D eigenvalue weighted by Crippen LogP contribution is 2.25. The number of nitrogens with zero attached hydrogens (tertiary/aromatic N) is 2. The number of nitrogens with two attached hydrogens (primary N) is 1. The molecule has 1 fully saturated rings. The summed E-state index contributed by atoms with van der Waals surface area (Å²) >= 11 is 0. The third-order valence-corrected chi connectivity index (χ3v) is 2.44. The number of rotatable bonds is 2. The second kappa shape index (κ2) is 4.28. The molecule has 1 saturated heterocycles. The van der Waals surface area contributed by atoms with Gasteiger partial charge in [-0.1, -0.05) is 0 Å². The van der Waals surface area contributed by atoms with Crippen molar-refractivity contribution in [3.8, 4) is 0 Å². The third-order valence-electron chi connectivity index (χ3n) is 2.44. The summed E-state index contributed by atoms with van der Waals surface area (Å²) in [5, 5.41) is 0.